The van der Waals surface area contributed by atoms with Crippen LogP contribution in [0.25, 0.3) is 0 Å². The van der Waals surface area contributed by atoms with Crippen LogP contribution in [0.15, 0.2) is 18.2 Å². The molecule has 0 aliphatic heterocycles. The topological polar surface area (TPSA) is 78.4 Å². The molecule has 1 rings (SSSR count). The molecule has 0 spiro atoms. The number of aliphatic carboxylic acids is 1. The normalized spacial score (nSPS) is 12.1. The second-order valence-corrected chi connectivity index (χ2v) is 5.59. The Labute approximate surface area is 127 Å². The molecule has 20 heavy (non-hydrogen) atoms. The molecule has 1 aromatic rings. The van der Waals surface area contributed by atoms with E-state index in [1.807, 2.05) is 13.8 Å². The number of rotatable bonds is 5. The number of halogens is 2. The fraction of sp³-hybridized carbons (Fsp3) is 0.385. The number of hydrogen-bond donors (Lipinski definition) is 3. The SMILES string of the molecule is CC(C)C[C@H](NC(=O)Nc1ccc(Cl)cc1Cl)C(=O)O. The number of amides is 2. The Kier molecular flexibility index (Phi) is 6.10. The van der Waals surface area contributed by atoms with Crippen molar-refractivity contribution in [1.82, 2.24) is 5.32 Å². The summed E-state index contributed by atoms with van der Waals surface area (Å²) in [5.41, 5.74) is 0.363. The first-order chi connectivity index (χ1) is 9.29. The van der Waals surface area contributed by atoms with E-state index >= 15 is 0 Å². The fourth-order valence-electron chi connectivity index (χ4n) is 1.60. The van der Waals surface area contributed by atoms with Gasteiger partial charge in [-0.2, -0.15) is 0 Å². The molecule has 0 radical (unpaired) electrons. The van der Waals surface area contributed by atoms with Crippen molar-refractivity contribution in [3.63, 3.8) is 0 Å². The maximum absolute atomic E-state index is 11.8. The van der Waals surface area contributed by atoms with Gasteiger partial charge in [0.25, 0.3) is 0 Å². The van der Waals surface area contributed by atoms with Crippen LogP contribution in [0.4, 0.5) is 10.5 Å². The third-order valence-corrected chi connectivity index (χ3v) is 3.04. The van der Waals surface area contributed by atoms with Gasteiger partial charge in [-0.3, -0.25) is 0 Å². The number of nitrogens with one attached hydrogen (secondary N) is 2. The van der Waals surface area contributed by atoms with Crippen LogP contribution in [0.2, 0.25) is 10.0 Å². The number of carboxylic acids is 1. The lowest BCUT2D eigenvalue weighted by Crippen LogP contribution is -2.43. The van der Waals surface area contributed by atoms with Gasteiger partial charge in [0.1, 0.15) is 6.04 Å². The van der Waals surface area contributed by atoms with E-state index in [0.717, 1.165) is 0 Å². The summed E-state index contributed by atoms with van der Waals surface area (Å²) in [5, 5.41) is 14.7. The summed E-state index contributed by atoms with van der Waals surface area (Å²) in [5.74, 6) is -0.924. The first-order valence-electron chi connectivity index (χ1n) is 6.05. The van der Waals surface area contributed by atoms with Gasteiger partial charge in [-0.1, -0.05) is 37.0 Å². The Morgan fingerprint density at radius 2 is 1.95 bits per heavy atom. The second kappa shape index (κ2) is 7.36. The molecule has 1 atom stereocenters. The smallest absolute Gasteiger partial charge is 0.326 e. The fourth-order valence-corrected chi connectivity index (χ4v) is 2.06. The van der Waals surface area contributed by atoms with Crippen molar-refractivity contribution >= 4 is 40.9 Å². The predicted molar refractivity (Wildman–Crippen MR) is 79.5 cm³/mol. The van der Waals surface area contributed by atoms with Crippen molar-refractivity contribution in [1.29, 1.82) is 0 Å². The molecule has 5 nitrogen and oxygen atoms in total. The van der Waals surface area contributed by atoms with Crippen molar-refractivity contribution in [3.8, 4) is 0 Å². The molecule has 110 valence electrons. The maximum Gasteiger partial charge on any atom is 0.326 e. The number of carbonyl (C=O) groups excluding carboxylic acids is 1. The van der Waals surface area contributed by atoms with E-state index in [4.69, 9.17) is 28.3 Å². The molecule has 0 aliphatic carbocycles. The molecular formula is C13H16Cl2N2O3. The minimum Gasteiger partial charge on any atom is -0.480 e. The summed E-state index contributed by atoms with van der Waals surface area (Å²) in [6, 6.07) is 3.04. The molecule has 0 bridgehead atoms. The molecule has 0 saturated carbocycles. The number of hydrogen-bond acceptors (Lipinski definition) is 2. The molecule has 1 aromatic carbocycles. The molecule has 2 amide bonds. The van der Waals surface area contributed by atoms with E-state index in [1.165, 1.54) is 6.07 Å². The molecule has 0 unspecified atom stereocenters. The summed E-state index contributed by atoms with van der Waals surface area (Å²) in [4.78, 5) is 22.8. The van der Waals surface area contributed by atoms with Crippen LogP contribution in [0.3, 0.4) is 0 Å². The largest absolute Gasteiger partial charge is 0.480 e. The van der Waals surface area contributed by atoms with Crippen molar-refractivity contribution < 1.29 is 14.7 Å². The van der Waals surface area contributed by atoms with Crippen LogP contribution in [0.5, 0.6) is 0 Å². The van der Waals surface area contributed by atoms with Crippen LogP contribution in [0, 0.1) is 5.92 Å². The van der Waals surface area contributed by atoms with Crippen molar-refractivity contribution in [2.24, 2.45) is 5.92 Å². The Bertz CT molecular complexity index is 506. The molecule has 0 saturated heterocycles. The molecule has 0 aromatic heterocycles. The average Bonchev–Trinajstić information content (AvgIpc) is 2.31. The molecular weight excluding hydrogens is 303 g/mol. The van der Waals surface area contributed by atoms with Crippen molar-refractivity contribution in [2.45, 2.75) is 26.3 Å². The molecule has 3 N–H and O–H groups in total. The lowest BCUT2D eigenvalue weighted by molar-refractivity contribution is -0.139. The highest BCUT2D eigenvalue weighted by atomic mass is 35.5. The second-order valence-electron chi connectivity index (χ2n) is 4.74. The lowest BCUT2D eigenvalue weighted by Gasteiger charge is -2.17. The quantitative estimate of drug-likeness (QED) is 0.775. The highest BCUT2D eigenvalue weighted by Gasteiger charge is 2.21. The highest BCUT2D eigenvalue weighted by molar-refractivity contribution is 6.36. The van der Waals surface area contributed by atoms with Crippen LogP contribution >= 0.6 is 23.2 Å². The third-order valence-electron chi connectivity index (χ3n) is 2.49. The van der Waals surface area contributed by atoms with Crippen LogP contribution in [-0.2, 0) is 4.79 Å². The zero-order valence-electron chi connectivity index (χ0n) is 11.1. The van der Waals surface area contributed by atoms with E-state index < -0.39 is 18.0 Å². The summed E-state index contributed by atoms with van der Waals surface area (Å²) in [6.07, 6.45) is 0.344. The van der Waals surface area contributed by atoms with E-state index in [9.17, 15) is 9.59 Å². The Hall–Kier alpha value is -1.46. The van der Waals surface area contributed by atoms with Gasteiger partial charge in [0.15, 0.2) is 0 Å². The van der Waals surface area contributed by atoms with Gasteiger partial charge >= 0.3 is 12.0 Å². The van der Waals surface area contributed by atoms with Gasteiger partial charge in [-0.05, 0) is 30.5 Å². The van der Waals surface area contributed by atoms with E-state index in [1.54, 1.807) is 12.1 Å². The Morgan fingerprint density at radius 3 is 2.45 bits per heavy atom. The average molecular weight is 319 g/mol. The van der Waals surface area contributed by atoms with Crippen molar-refractivity contribution in [2.75, 3.05) is 5.32 Å². The molecule has 7 heteroatoms. The summed E-state index contributed by atoms with van der Waals surface area (Å²) < 4.78 is 0. The highest BCUT2D eigenvalue weighted by Crippen LogP contribution is 2.25. The minimum atomic E-state index is -1.07. The standard InChI is InChI=1S/C13H16Cl2N2O3/c1-7(2)5-11(12(18)19)17-13(20)16-10-4-3-8(14)6-9(10)15/h3-4,6-7,11H,5H2,1-2H3,(H,18,19)(H2,16,17,20)/t11-/m0/s1. The van der Waals surface area contributed by atoms with Crippen LogP contribution in [-0.4, -0.2) is 23.1 Å². The van der Waals surface area contributed by atoms with Crippen molar-refractivity contribution in [3.05, 3.63) is 28.2 Å². The number of urea groups is 1. The number of anilines is 1. The zero-order valence-corrected chi connectivity index (χ0v) is 12.6. The molecule has 0 fully saturated rings. The van der Waals surface area contributed by atoms with Gasteiger partial charge in [0, 0.05) is 5.02 Å². The number of benzene rings is 1. The first-order valence-corrected chi connectivity index (χ1v) is 6.80. The van der Waals surface area contributed by atoms with Gasteiger partial charge in [0.05, 0.1) is 10.7 Å². The van der Waals surface area contributed by atoms with Crippen LogP contribution in [0.1, 0.15) is 20.3 Å². The number of carbonyl (C=O) groups is 2. The van der Waals surface area contributed by atoms with E-state index in [2.05, 4.69) is 10.6 Å². The summed E-state index contributed by atoms with van der Waals surface area (Å²) in [6.45, 7) is 3.76. The van der Waals surface area contributed by atoms with Gasteiger partial charge in [-0.15, -0.1) is 0 Å². The van der Waals surface area contributed by atoms with E-state index in [-0.39, 0.29) is 10.9 Å². The molecule has 0 aliphatic rings. The van der Waals surface area contributed by atoms with Crippen LogP contribution < -0.4 is 10.6 Å². The van der Waals surface area contributed by atoms with Gasteiger partial charge < -0.3 is 15.7 Å². The Morgan fingerprint density at radius 1 is 1.30 bits per heavy atom. The minimum absolute atomic E-state index is 0.149. The first kappa shape index (κ1) is 16.6. The van der Waals surface area contributed by atoms with Gasteiger partial charge in [-0.25, -0.2) is 9.59 Å². The predicted octanol–water partition coefficient (Wildman–Crippen LogP) is 3.61. The monoisotopic (exact) mass is 318 g/mol. The Balaban J connectivity index is 2.68. The number of carboxylic acid groups (broad SMARTS) is 1. The maximum atomic E-state index is 11.8. The zero-order chi connectivity index (χ0) is 15.3. The van der Waals surface area contributed by atoms with Gasteiger partial charge in [0.2, 0.25) is 0 Å². The summed E-state index contributed by atoms with van der Waals surface area (Å²) >= 11 is 11.7. The third kappa shape index (κ3) is 5.27. The lowest BCUT2D eigenvalue weighted by atomic mass is 10.0. The van der Waals surface area contributed by atoms with E-state index in [0.29, 0.717) is 17.1 Å². The molecule has 0 heterocycles. The summed E-state index contributed by atoms with van der Waals surface area (Å²) in [7, 11) is 0.